The molecule has 0 unspecified atom stereocenters. The second kappa shape index (κ2) is 5.50. The maximum atomic E-state index is 12.1. The summed E-state index contributed by atoms with van der Waals surface area (Å²) in [5, 5.41) is 5.73. The molecule has 0 aromatic carbocycles. The summed E-state index contributed by atoms with van der Waals surface area (Å²) in [5.74, 6) is 0.191. The number of rotatable bonds is 3. The number of alkyl carbamates (subject to hydrolysis) is 1. The van der Waals surface area contributed by atoms with Crippen LogP contribution in [-0.4, -0.2) is 31.2 Å². The van der Waals surface area contributed by atoms with Crippen molar-refractivity contribution in [3.8, 4) is 0 Å². The van der Waals surface area contributed by atoms with Gasteiger partial charge in [-0.25, -0.2) is 4.79 Å². The molecular weight excluding hydrogens is 268 g/mol. The zero-order valence-electron chi connectivity index (χ0n) is 13.7. The normalized spacial score (nSPS) is 31.6. The van der Waals surface area contributed by atoms with E-state index < -0.39 is 5.60 Å². The molecule has 120 valence electrons. The van der Waals surface area contributed by atoms with Gasteiger partial charge in [0.15, 0.2) is 0 Å². The Morgan fingerprint density at radius 3 is 2.00 bits per heavy atom. The predicted molar refractivity (Wildman–Crippen MR) is 80.9 cm³/mol. The molecule has 21 heavy (non-hydrogen) atoms. The van der Waals surface area contributed by atoms with Crippen molar-refractivity contribution >= 4 is 12.0 Å². The summed E-state index contributed by atoms with van der Waals surface area (Å²) in [4.78, 5) is 23.9. The van der Waals surface area contributed by atoms with Crippen LogP contribution in [0.2, 0.25) is 0 Å². The first-order chi connectivity index (χ1) is 9.70. The number of hydrogen-bond acceptors (Lipinski definition) is 3. The van der Waals surface area contributed by atoms with Crippen LogP contribution in [0.15, 0.2) is 0 Å². The maximum Gasteiger partial charge on any atom is 0.407 e. The second-order valence-electron chi connectivity index (χ2n) is 7.71. The van der Waals surface area contributed by atoms with Crippen LogP contribution in [0.5, 0.6) is 0 Å². The third kappa shape index (κ3) is 3.50. The fraction of sp³-hybridized carbons (Fsp3) is 0.875. The molecule has 5 heteroatoms. The summed E-state index contributed by atoms with van der Waals surface area (Å²) < 4.78 is 5.29. The number of fused-ring (bicyclic) bond motifs is 3. The standard InChI is InChI=1S/C16H28N2O3/c1-14(2,3)21-13(20)18-11-15-5-8-16(9-6-15,10-7-15)12(19)17-4/h5-11H2,1-4H3,(H,17,19)(H,18,20). The molecule has 3 aliphatic carbocycles. The number of amides is 2. The lowest BCUT2D eigenvalue weighted by Crippen LogP contribution is -2.52. The van der Waals surface area contributed by atoms with Crippen molar-refractivity contribution in [1.29, 1.82) is 0 Å². The van der Waals surface area contributed by atoms with Gasteiger partial charge in [-0.1, -0.05) is 0 Å². The minimum Gasteiger partial charge on any atom is -0.444 e. The molecule has 0 aromatic rings. The molecular formula is C16H28N2O3. The minimum absolute atomic E-state index is 0.150. The molecule has 3 rings (SSSR count). The highest BCUT2D eigenvalue weighted by atomic mass is 16.6. The Balaban J connectivity index is 1.87. The summed E-state index contributed by atoms with van der Waals surface area (Å²) in [7, 11) is 1.72. The molecule has 0 atom stereocenters. The third-order valence-electron chi connectivity index (χ3n) is 5.12. The van der Waals surface area contributed by atoms with Crippen molar-refractivity contribution in [3.05, 3.63) is 0 Å². The van der Waals surface area contributed by atoms with Gasteiger partial charge in [0.25, 0.3) is 0 Å². The highest BCUT2D eigenvalue weighted by Crippen LogP contribution is 2.56. The number of ether oxygens (including phenoxy) is 1. The molecule has 3 saturated carbocycles. The van der Waals surface area contributed by atoms with Gasteiger partial charge in [0.05, 0.1) is 0 Å². The van der Waals surface area contributed by atoms with E-state index in [-0.39, 0.29) is 22.8 Å². The van der Waals surface area contributed by atoms with E-state index in [0.717, 1.165) is 38.5 Å². The average Bonchev–Trinajstić information content (AvgIpc) is 2.44. The van der Waals surface area contributed by atoms with Crippen LogP contribution >= 0.6 is 0 Å². The zero-order chi connectivity index (χ0) is 15.7. The highest BCUT2D eigenvalue weighted by molar-refractivity contribution is 5.82. The molecule has 0 aromatic heterocycles. The van der Waals surface area contributed by atoms with E-state index in [1.165, 1.54) is 0 Å². The van der Waals surface area contributed by atoms with Crippen LogP contribution in [0.4, 0.5) is 4.79 Å². The monoisotopic (exact) mass is 296 g/mol. The molecule has 0 heterocycles. The van der Waals surface area contributed by atoms with Crippen LogP contribution in [0.25, 0.3) is 0 Å². The predicted octanol–water partition coefficient (Wildman–Crippen LogP) is 2.60. The van der Waals surface area contributed by atoms with E-state index in [4.69, 9.17) is 4.74 Å². The smallest absolute Gasteiger partial charge is 0.407 e. The van der Waals surface area contributed by atoms with E-state index in [2.05, 4.69) is 10.6 Å². The van der Waals surface area contributed by atoms with Crippen LogP contribution in [0.1, 0.15) is 59.3 Å². The zero-order valence-corrected chi connectivity index (χ0v) is 13.7. The Labute approximate surface area is 127 Å². The van der Waals surface area contributed by atoms with E-state index >= 15 is 0 Å². The molecule has 0 radical (unpaired) electrons. The molecule has 3 fully saturated rings. The lowest BCUT2D eigenvalue weighted by atomic mass is 9.53. The first kappa shape index (κ1) is 16.1. The van der Waals surface area contributed by atoms with Crippen LogP contribution in [0, 0.1) is 10.8 Å². The number of carbonyl (C=O) groups is 2. The summed E-state index contributed by atoms with van der Waals surface area (Å²) in [6, 6.07) is 0. The van der Waals surface area contributed by atoms with Crippen molar-refractivity contribution in [2.45, 2.75) is 64.9 Å². The largest absolute Gasteiger partial charge is 0.444 e. The van der Waals surface area contributed by atoms with Crippen LogP contribution < -0.4 is 10.6 Å². The summed E-state index contributed by atoms with van der Waals surface area (Å²) in [5.41, 5.74) is -0.454. The van der Waals surface area contributed by atoms with Crippen molar-refractivity contribution in [2.24, 2.45) is 10.8 Å². The fourth-order valence-corrected chi connectivity index (χ4v) is 3.71. The lowest BCUT2D eigenvalue weighted by Gasteiger charge is -2.52. The topological polar surface area (TPSA) is 67.4 Å². The van der Waals surface area contributed by atoms with Gasteiger partial charge >= 0.3 is 6.09 Å². The van der Waals surface area contributed by atoms with E-state index in [9.17, 15) is 9.59 Å². The molecule has 2 N–H and O–H groups in total. The molecule has 0 saturated heterocycles. The fourth-order valence-electron chi connectivity index (χ4n) is 3.71. The van der Waals surface area contributed by atoms with Gasteiger partial charge in [0, 0.05) is 19.0 Å². The second-order valence-corrected chi connectivity index (χ2v) is 7.71. The molecule has 2 amide bonds. The first-order valence-corrected chi connectivity index (χ1v) is 7.89. The molecule has 2 bridgehead atoms. The van der Waals surface area contributed by atoms with Crippen molar-refractivity contribution in [2.75, 3.05) is 13.6 Å². The van der Waals surface area contributed by atoms with Crippen LogP contribution in [-0.2, 0) is 9.53 Å². The Kier molecular flexibility index (Phi) is 4.22. The van der Waals surface area contributed by atoms with E-state index in [1.807, 2.05) is 20.8 Å². The van der Waals surface area contributed by atoms with Gasteiger partial charge < -0.3 is 15.4 Å². The Morgan fingerprint density at radius 1 is 1.05 bits per heavy atom. The molecule has 5 nitrogen and oxygen atoms in total. The van der Waals surface area contributed by atoms with Crippen molar-refractivity contribution in [3.63, 3.8) is 0 Å². The Hall–Kier alpha value is -1.26. The molecule has 0 aliphatic heterocycles. The van der Waals surface area contributed by atoms with Gasteiger partial charge in [-0.2, -0.15) is 0 Å². The van der Waals surface area contributed by atoms with Gasteiger partial charge in [0.2, 0.25) is 5.91 Å². The summed E-state index contributed by atoms with van der Waals surface area (Å²) in [6.07, 6.45) is 5.49. The first-order valence-electron chi connectivity index (χ1n) is 7.89. The molecule has 0 spiro atoms. The van der Waals surface area contributed by atoms with E-state index in [0.29, 0.717) is 6.54 Å². The summed E-state index contributed by atoms with van der Waals surface area (Å²) >= 11 is 0. The number of hydrogen-bond donors (Lipinski definition) is 2. The van der Waals surface area contributed by atoms with Crippen molar-refractivity contribution < 1.29 is 14.3 Å². The van der Waals surface area contributed by atoms with Crippen molar-refractivity contribution in [1.82, 2.24) is 10.6 Å². The van der Waals surface area contributed by atoms with E-state index in [1.54, 1.807) is 7.05 Å². The maximum absolute atomic E-state index is 12.1. The highest BCUT2D eigenvalue weighted by Gasteiger charge is 2.52. The average molecular weight is 296 g/mol. The Morgan fingerprint density at radius 2 is 1.57 bits per heavy atom. The van der Waals surface area contributed by atoms with Gasteiger partial charge in [-0.05, 0) is 64.7 Å². The van der Waals surface area contributed by atoms with Gasteiger partial charge in [0.1, 0.15) is 5.60 Å². The van der Waals surface area contributed by atoms with Gasteiger partial charge in [-0.15, -0.1) is 0 Å². The van der Waals surface area contributed by atoms with Crippen LogP contribution in [0.3, 0.4) is 0 Å². The third-order valence-corrected chi connectivity index (χ3v) is 5.12. The summed E-state index contributed by atoms with van der Waals surface area (Å²) in [6.45, 7) is 6.25. The number of nitrogens with one attached hydrogen (secondary N) is 2. The van der Waals surface area contributed by atoms with Gasteiger partial charge in [-0.3, -0.25) is 4.79 Å². The minimum atomic E-state index is -0.463. The lowest BCUT2D eigenvalue weighted by molar-refractivity contribution is -0.139. The molecule has 3 aliphatic rings. The quantitative estimate of drug-likeness (QED) is 0.841. The number of carbonyl (C=O) groups excluding carboxylic acids is 2. The SMILES string of the molecule is CNC(=O)C12CCC(CNC(=O)OC(C)(C)C)(CC1)CC2. The Bertz CT molecular complexity index is 401.